The molecule has 0 amide bonds. The van der Waals surface area contributed by atoms with Crippen molar-refractivity contribution >= 4 is 26.7 Å². The zero-order chi connectivity index (χ0) is 15.8. The van der Waals surface area contributed by atoms with E-state index >= 15 is 0 Å². The molecule has 0 radical (unpaired) electrons. The lowest BCUT2D eigenvalue weighted by molar-refractivity contribution is 0.353. The largest absolute Gasteiger partial charge is 0.493 e. The summed E-state index contributed by atoms with van der Waals surface area (Å²) in [5.74, 6) is 1.59. The molecule has 1 aliphatic rings. The van der Waals surface area contributed by atoms with Gasteiger partial charge < -0.3 is 14.4 Å². The molecule has 0 fully saturated rings. The van der Waals surface area contributed by atoms with Gasteiger partial charge in [-0.15, -0.1) is 0 Å². The third kappa shape index (κ3) is 2.51. The van der Waals surface area contributed by atoms with Crippen molar-refractivity contribution in [2.24, 2.45) is 0 Å². The monoisotopic (exact) mass is 326 g/mol. The number of anilines is 1. The van der Waals surface area contributed by atoms with Crippen LogP contribution in [-0.2, 0) is 13.0 Å². The highest BCUT2D eigenvalue weighted by Crippen LogP contribution is 2.36. The number of methoxy groups -OCH3 is 2. The van der Waals surface area contributed by atoms with Crippen LogP contribution in [0.5, 0.6) is 11.5 Å². The topological polar surface area (TPSA) is 34.6 Å². The van der Waals surface area contributed by atoms with Gasteiger partial charge in [0.1, 0.15) is 0 Å². The maximum absolute atomic E-state index is 5.43. The molecule has 0 spiro atoms. The maximum atomic E-state index is 5.43. The predicted octanol–water partition coefficient (Wildman–Crippen LogP) is 3.88. The van der Waals surface area contributed by atoms with Crippen molar-refractivity contribution in [3.63, 3.8) is 0 Å². The molecule has 2 heterocycles. The number of thiazole rings is 1. The van der Waals surface area contributed by atoms with Gasteiger partial charge in [-0.1, -0.05) is 23.5 Å². The van der Waals surface area contributed by atoms with Crippen molar-refractivity contribution in [1.82, 2.24) is 4.98 Å². The molecular formula is C18H18N2O2S. The van der Waals surface area contributed by atoms with E-state index in [-0.39, 0.29) is 0 Å². The van der Waals surface area contributed by atoms with Gasteiger partial charge in [-0.05, 0) is 41.8 Å². The second-order valence-corrected chi connectivity index (χ2v) is 6.62. The van der Waals surface area contributed by atoms with Crippen molar-refractivity contribution in [3.8, 4) is 11.5 Å². The molecule has 0 N–H and O–H groups in total. The zero-order valence-corrected chi connectivity index (χ0v) is 14.0. The summed E-state index contributed by atoms with van der Waals surface area (Å²) in [6.45, 7) is 1.83. The van der Waals surface area contributed by atoms with Crippen LogP contribution in [0.25, 0.3) is 10.2 Å². The number of nitrogens with zero attached hydrogens (tertiary/aromatic N) is 2. The Balaban J connectivity index is 1.67. The number of hydrogen-bond donors (Lipinski definition) is 0. The first-order valence-electron chi connectivity index (χ1n) is 7.63. The average molecular weight is 326 g/mol. The average Bonchev–Trinajstić information content (AvgIpc) is 3.04. The summed E-state index contributed by atoms with van der Waals surface area (Å²) < 4.78 is 12.1. The van der Waals surface area contributed by atoms with Gasteiger partial charge in [0, 0.05) is 13.1 Å². The second kappa shape index (κ2) is 5.74. The van der Waals surface area contributed by atoms with Gasteiger partial charge in [-0.3, -0.25) is 0 Å². The maximum Gasteiger partial charge on any atom is 0.186 e. The van der Waals surface area contributed by atoms with Crippen LogP contribution in [0.2, 0.25) is 0 Å². The van der Waals surface area contributed by atoms with Gasteiger partial charge in [-0.2, -0.15) is 0 Å². The summed E-state index contributed by atoms with van der Waals surface area (Å²) in [6.07, 6.45) is 0.992. The zero-order valence-electron chi connectivity index (χ0n) is 13.2. The van der Waals surface area contributed by atoms with Crippen molar-refractivity contribution in [1.29, 1.82) is 0 Å². The highest BCUT2D eigenvalue weighted by atomic mass is 32.1. The minimum atomic E-state index is 0.789. The molecular weight excluding hydrogens is 308 g/mol. The van der Waals surface area contributed by atoms with Gasteiger partial charge in [0.05, 0.1) is 24.4 Å². The van der Waals surface area contributed by atoms with Crippen molar-refractivity contribution in [3.05, 3.63) is 47.5 Å². The molecule has 0 aliphatic carbocycles. The molecule has 0 saturated carbocycles. The number of ether oxygens (including phenoxy) is 2. The van der Waals surface area contributed by atoms with Crippen LogP contribution >= 0.6 is 11.3 Å². The van der Waals surface area contributed by atoms with Crippen LogP contribution in [0.3, 0.4) is 0 Å². The molecule has 1 aliphatic heterocycles. The number of benzene rings is 2. The highest BCUT2D eigenvalue weighted by molar-refractivity contribution is 7.22. The number of aromatic nitrogens is 1. The van der Waals surface area contributed by atoms with Crippen LogP contribution < -0.4 is 14.4 Å². The Morgan fingerprint density at radius 1 is 1.04 bits per heavy atom. The Kier molecular flexibility index (Phi) is 3.58. The molecule has 0 bridgehead atoms. The molecule has 1 aromatic heterocycles. The lowest BCUT2D eigenvalue weighted by Gasteiger charge is -2.29. The van der Waals surface area contributed by atoms with Crippen LogP contribution in [0.15, 0.2) is 36.4 Å². The summed E-state index contributed by atoms with van der Waals surface area (Å²) >= 11 is 1.75. The third-order valence-corrected chi connectivity index (χ3v) is 5.37. The molecule has 3 aromatic rings. The fourth-order valence-corrected chi connectivity index (χ4v) is 4.03. The van der Waals surface area contributed by atoms with E-state index in [1.807, 2.05) is 6.07 Å². The fourth-order valence-electron chi connectivity index (χ4n) is 3.04. The number of para-hydroxylation sites is 1. The lowest BCUT2D eigenvalue weighted by Crippen LogP contribution is -2.30. The first kappa shape index (κ1) is 14.3. The second-order valence-electron chi connectivity index (χ2n) is 5.61. The van der Waals surface area contributed by atoms with E-state index in [9.17, 15) is 0 Å². The molecule has 2 aromatic carbocycles. The summed E-state index contributed by atoms with van der Waals surface area (Å²) in [6, 6.07) is 12.5. The Hall–Kier alpha value is -2.27. The van der Waals surface area contributed by atoms with E-state index in [1.165, 1.54) is 15.8 Å². The van der Waals surface area contributed by atoms with Gasteiger partial charge in [-0.25, -0.2) is 4.98 Å². The van der Waals surface area contributed by atoms with Gasteiger partial charge in [0.25, 0.3) is 0 Å². The van der Waals surface area contributed by atoms with Crippen LogP contribution in [0, 0.1) is 0 Å². The van der Waals surface area contributed by atoms with E-state index in [0.29, 0.717) is 0 Å². The summed E-state index contributed by atoms with van der Waals surface area (Å²) in [5.41, 5.74) is 3.69. The van der Waals surface area contributed by atoms with Gasteiger partial charge in [0.2, 0.25) is 0 Å². The SMILES string of the molecule is COc1cc2c(cc1OC)CN(c1nc3ccccc3s1)CC2. The van der Waals surface area contributed by atoms with E-state index in [2.05, 4.69) is 35.2 Å². The third-order valence-electron chi connectivity index (χ3n) is 4.27. The Labute approximate surface area is 139 Å². The fraction of sp³-hybridized carbons (Fsp3) is 0.278. The summed E-state index contributed by atoms with van der Waals surface area (Å²) in [4.78, 5) is 7.12. The first-order chi connectivity index (χ1) is 11.3. The van der Waals surface area contributed by atoms with Gasteiger partial charge >= 0.3 is 0 Å². The predicted molar refractivity (Wildman–Crippen MR) is 93.9 cm³/mol. The van der Waals surface area contributed by atoms with E-state index in [1.54, 1.807) is 25.6 Å². The number of rotatable bonds is 3. The minimum Gasteiger partial charge on any atom is -0.493 e. The molecule has 4 rings (SSSR count). The van der Waals surface area contributed by atoms with Crippen molar-refractivity contribution in [2.75, 3.05) is 25.7 Å². The van der Waals surface area contributed by atoms with Gasteiger partial charge in [0.15, 0.2) is 16.6 Å². The van der Waals surface area contributed by atoms with Crippen LogP contribution in [0.1, 0.15) is 11.1 Å². The molecule has 0 atom stereocenters. The molecule has 23 heavy (non-hydrogen) atoms. The van der Waals surface area contributed by atoms with E-state index < -0.39 is 0 Å². The normalized spacial score (nSPS) is 13.9. The summed E-state index contributed by atoms with van der Waals surface area (Å²) in [5, 5.41) is 1.09. The van der Waals surface area contributed by atoms with Crippen LogP contribution in [-0.4, -0.2) is 25.7 Å². The highest BCUT2D eigenvalue weighted by Gasteiger charge is 2.21. The molecule has 4 nitrogen and oxygen atoms in total. The Bertz CT molecular complexity index is 826. The molecule has 5 heteroatoms. The van der Waals surface area contributed by atoms with Crippen molar-refractivity contribution < 1.29 is 9.47 Å². The summed E-state index contributed by atoms with van der Waals surface area (Å²) in [7, 11) is 3.36. The van der Waals surface area contributed by atoms with Crippen molar-refractivity contribution in [2.45, 2.75) is 13.0 Å². The molecule has 118 valence electrons. The standard InChI is InChI=1S/C18H18N2O2S/c1-21-15-9-12-7-8-20(11-13(12)10-16(15)22-2)18-19-14-5-3-4-6-17(14)23-18/h3-6,9-10H,7-8,11H2,1-2H3. The number of hydrogen-bond acceptors (Lipinski definition) is 5. The molecule has 0 saturated heterocycles. The minimum absolute atomic E-state index is 0.789. The first-order valence-corrected chi connectivity index (χ1v) is 8.44. The van der Waals surface area contributed by atoms with E-state index in [0.717, 1.165) is 41.7 Å². The smallest absolute Gasteiger partial charge is 0.186 e. The molecule has 0 unspecified atom stereocenters. The Morgan fingerprint density at radius 3 is 2.52 bits per heavy atom. The lowest BCUT2D eigenvalue weighted by atomic mass is 9.99. The number of fused-ring (bicyclic) bond motifs is 2. The Morgan fingerprint density at radius 2 is 1.78 bits per heavy atom. The van der Waals surface area contributed by atoms with E-state index in [4.69, 9.17) is 14.5 Å². The van der Waals surface area contributed by atoms with Crippen LogP contribution in [0.4, 0.5) is 5.13 Å². The quantitative estimate of drug-likeness (QED) is 0.732.